The molecule has 18 heavy (non-hydrogen) atoms. The first-order chi connectivity index (χ1) is 8.75. The molecule has 1 N–H and O–H groups in total. The van der Waals surface area contributed by atoms with E-state index in [0.29, 0.717) is 13.2 Å². The number of hydrogen-bond acceptors (Lipinski definition) is 4. The maximum Gasteiger partial charge on any atom is 0.224 e. The maximum absolute atomic E-state index is 13.2. The second-order valence-electron chi connectivity index (χ2n) is 3.42. The molecule has 0 aliphatic heterocycles. The van der Waals surface area contributed by atoms with Crippen molar-refractivity contribution in [1.82, 2.24) is 9.97 Å². The number of aromatic nitrogens is 2. The van der Waals surface area contributed by atoms with Gasteiger partial charge in [0.15, 0.2) is 11.6 Å². The summed E-state index contributed by atoms with van der Waals surface area (Å²) in [6.07, 6.45) is 1.02. The average Bonchev–Trinajstić information content (AvgIpc) is 2.40. The lowest BCUT2D eigenvalue weighted by atomic mass is 10.3. The molecule has 4 nitrogen and oxygen atoms in total. The van der Waals surface area contributed by atoms with Crippen LogP contribution in [0.4, 0.5) is 10.2 Å². The first kappa shape index (κ1) is 12.6. The summed E-state index contributed by atoms with van der Waals surface area (Å²) in [6.45, 7) is 0.810. The van der Waals surface area contributed by atoms with E-state index in [2.05, 4.69) is 15.3 Å². The van der Waals surface area contributed by atoms with Gasteiger partial charge in [-0.05, 0) is 23.7 Å². The first-order valence-corrected chi connectivity index (χ1v) is 5.73. The van der Waals surface area contributed by atoms with E-state index in [4.69, 9.17) is 16.3 Å². The van der Waals surface area contributed by atoms with Gasteiger partial charge in [-0.15, -0.1) is 0 Å². The van der Waals surface area contributed by atoms with E-state index in [1.165, 1.54) is 0 Å². The van der Waals surface area contributed by atoms with E-state index in [-0.39, 0.29) is 11.1 Å². The van der Waals surface area contributed by atoms with Crippen LogP contribution in [0.25, 0.3) is 0 Å². The average molecular weight is 268 g/mol. The highest BCUT2D eigenvalue weighted by molar-refractivity contribution is 6.28. The molecular weight excluding hydrogens is 257 g/mol. The van der Waals surface area contributed by atoms with E-state index in [0.717, 1.165) is 11.9 Å². The van der Waals surface area contributed by atoms with Gasteiger partial charge in [0.05, 0.1) is 12.7 Å². The van der Waals surface area contributed by atoms with Crippen LogP contribution in [-0.4, -0.2) is 23.1 Å². The summed E-state index contributed by atoms with van der Waals surface area (Å²) in [4.78, 5) is 7.25. The molecule has 0 spiro atoms. The zero-order valence-electron chi connectivity index (χ0n) is 9.44. The second kappa shape index (κ2) is 6.16. The van der Waals surface area contributed by atoms with Crippen molar-refractivity contribution in [2.75, 3.05) is 18.5 Å². The minimum absolute atomic E-state index is 0.00266. The van der Waals surface area contributed by atoms with Gasteiger partial charge in [-0.2, -0.15) is 4.98 Å². The van der Waals surface area contributed by atoms with Gasteiger partial charge in [0, 0.05) is 0 Å². The predicted octanol–water partition coefficient (Wildman–Crippen LogP) is 2.76. The highest BCUT2D eigenvalue weighted by Crippen LogP contribution is 2.12. The van der Waals surface area contributed by atoms with Crippen LogP contribution in [0.2, 0.25) is 5.28 Å². The fourth-order valence-electron chi connectivity index (χ4n) is 1.32. The van der Waals surface area contributed by atoms with Crippen LogP contribution in [0.3, 0.4) is 0 Å². The number of rotatable bonds is 5. The number of nitrogens with zero attached hydrogens (tertiary/aromatic N) is 2. The Labute approximate surface area is 109 Å². The Bertz CT molecular complexity index is 510. The van der Waals surface area contributed by atoms with Gasteiger partial charge in [-0.1, -0.05) is 18.2 Å². The third kappa shape index (κ3) is 3.56. The molecule has 0 atom stereocenters. The predicted molar refractivity (Wildman–Crippen MR) is 67.4 cm³/mol. The monoisotopic (exact) mass is 267 g/mol. The van der Waals surface area contributed by atoms with E-state index in [1.807, 2.05) is 30.3 Å². The summed E-state index contributed by atoms with van der Waals surface area (Å²) in [5.41, 5.74) is 0. The second-order valence-corrected chi connectivity index (χ2v) is 3.76. The SMILES string of the molecule is Fc1cnc(Cl)nc1NCCOc1ccccc1. The lowest BCUT2D eigenvalue weighted by molar-refractivity contribution is 0.332. The smallest absolute Gasteiger partial charge is 0.224 e. The third-order valence-corrected chi connectivity index (χ3v) is 2.30. The topological polar surface area (TPSA) is 47.0 Å². The largest absolute Gasteiger partial charge is 0.492 e. The van der Waals surface area contributed by atoms with Crippen molar-refractivity contribution >= 4 is 17.4 Å². The molecule has 2 aromatic rings. The van der Waals surface area contributed by atoms with Gasteiger partial charge >= 0.3 is 0 Å². The van der Waals surface area contributed by atoms with Gasteiger partial charge < -0.3 is 10.1 Å². The summed E-state index contributed by atoms with van der Waals surface area (Å²) in [7, 11) is 0. The normalized spacial score (nSPS) is 10.1. The van der Waals surface area contributed by atoms with Crippen molar-refractivity contribution in [1.29, 1.82) is 0 Å². The Hall–Kier alpha value is -1.88. The van der Waals surface area contributed by atoms with E-state index >= 15 is 0 Å². The minimum atomic E-state index is -0.542. The lowest BCUT2D eigenvalue weighted by Crippen LogP contribution is -2.13. The number of halogens is 2. The Morgan fingerprint density at radius 2 is 2.06 bits per heavy atom. The van der Waals surface area contributed by atoms with E-state index in [9.17, 15) is 4.39 Å². The lowest BCUT2D eigenvalue weighted by Gasteiger charge is -2.08. The highest BCUT2D eigenvalue weighted by Gasteiger charge is 2.04. The van der Waals surface area contributed by atoms with Crippen molar-refractivity contribution in [3.63, 3.8) is 0 Å². The zero-order valence-corrected chi connectivity index (χ0v) is 10.2. The van der Waals surface area contributed by atoms with Crippen LogP contribution in [-0.2, 0) is 0 Å². The highest BCUT2D eigenvalue weighted by atomic mass is 35.5. The Kier molecular flexibility index (Phi) is 4.30. The quantitative estimate of drug-likeness (QED) is 0.668. The molecule has 94 valence electrons. The molecule has 1 aromatic heterocycles. The number of hydrogen-bond donors (Lipinski definition) is 1. The summed E-state index contributed by atoms with van der Waals surface area (Å²) < 4.78 is 18.7. The Morgan fingerprint density at radius 3 is 2.83 bits per heavy atom. The van der Waals surface area contributed by atoms with Crippen molar-refractivity contribution < 1.29 is 9.13 Å². The van der Waals surface area contributed by atoms with Crippen LogP contribution >= 0.6 is 11.6 Å². The third-order valence-electron chi connectivity index (χ3n) is 2.12. The number of nitrogens with one attached hydrogen (secondary N) is 1. The molecule has 0 radical (unpaired) electrons. The number of benzene rings is 1. The van der Waals surface area contributed by atoms with Crippen molar-refractivity contribution in [3.8, 4) is 5.75 Å². The van der Waals surface area contributed by atoms with Crippen LogP contribution in [0.5, 0.6) is 5.75 Å². The van der Waals surface area contributed by atoms with Gasteiger partial charge in [-0.3, -0.25) is 0 Å². The van der Waals surface area contributed by atoms with Crippen LogP contribution < -0.4 is 10.1 Å². The molecule has 0 unspecified atom stereocenters. The summed E-state index contributed by atoms with van der Waals surface area (Å²) in [5, 5.41) is 2.79. The number of ether oxygens (including phenoxy) is 1. The molecule has 0 aliphatic rings. The van der Waals surface area contributed by atoms with Crippen LogP contribution in [0, 0.1) is 5.82 Å². The zero-order chi connectivity index (χ0) is 12.8. The molecule has 0 amide bonds. The molecule has 0 fully saturated rings. The van der Waals surface area contributed by atoms with Gasteiger partial charge in [0.25, 0.3) is 0 Å². The summed E-state index contributed by atoms with van der Waals surface area (Å²) in [6, 6.07) is 9.37. The van der Waals surface area contributed by atoms with Crippen LogP contribution in [0.15, 0.2) is 36.5 Å². The van der Waals surface area contributed by atoms with Crippen LogP contribution in [0.1, 0.15) is 0 Å². The standard InChI is InChI=1S/C12H11ClFN3O/c13-12-16-8-10(14)11(17-12)15-6-7-18-9-4-2-1-3-5-9/h1-5,8H,6-7H2,(H,15,16,17). The molecule has 1 aromatic carbocycles. The molecule has 1 heterocycles. The molecule has 0 bridgehead atoms. The van der Waals surface area contributed by atoms with Crippen molar-refractivity contribution in [3.05, 3.63) is 47.6 Å². The van der Waals surface area contributed by atoms with E-state index in [1.54, 1.807) is 0 Å². The molecule has 2 rings (SSSR count). The molecule has 6 heteroatoms. The van der Waals surface area contributed by atoms with Gasteiger partial charge in [0.2, 0.25) is 5.28 Å². The molecular formula is C12H11ClFN3O. The van der Waals surface area contributed by atoms with Crippen molar-refractivity contribution in [2.45, 2.75) is 0 Å². The fraction of sp³-hybridized carbons (Fsp3) is 0.167. The Morgan fingerprint density at radius 1 is 1.28 bits per heavy atom. The Balaban J connectivity index is 1.80. The maximum atomic E-state index is 13.2. The van der Waals surface area contributed by atoms with Gasteiger partial charge in [-0.25, -0.2) is 9.37 Å². The molecule has 0 saturated heterocycles. The summed E-state index contributed by atoms with van der Waals surface area (Å²) >= 11 is 5.57. The number of anilines is 1. The van der Waals surface area contributed by atoms with Gasteiger partial charge in [0.1, 0.15) is 12.4 Å². The van der Waals surface area contributed by atoms with E-state index < -0.39 is 5.82 Å². The molecule has 0 aliphatic carbocycles. The summed E-state index contributed by atoms with van der Waals surface area (Å²) in [5.74, 6) is 0.297. The van der Waals surface area contributed by atoms with Crippen molar-refractivity contribution in [2.24, 2.45) is 0 Å². The number of para-hydroxylation sites is 1. The fourth-order valence-corrected chi connectivity index (χ4v) is 1.46. The minimum Gasteiger partial charge on any atom is -0.492 e. The molecule has 0 saturated carbocycles. The first-order valence-electron chi connectivity index (χ1n) is 5.35.